The van der Waals surface area contributed by atoms with Gasteiger partial charge >= 0.3 is 0 Å². The summed E-state index contributed by atoms with van der Waals surface area (Å²) in [4.78, 5) is 17.8. The van der Waals surface area contributed by atoms with Gasteiger partial charge in [-0.1, -0.05) is 6.92 Å². The zero-order valence-corrected chi connectivity index (χ0v) is 12.5. The van der Waals surface area contributed by atoms with Gasteiger partial charge in [-0.15, -0.1) is 0 Å². The highest BCUT2D eigenvalue weighted by Crippen LogP contribution is 2.28. The smallest absolute Gasteiger partial charge is 0.256 e. The van der Waals surface area contributed by atoms with E-state index in [4.69, 9.17) is 0 Å². The van der Waals surface area contributed by atoms with Crippen LogP contribution in [-0.2, 0) is 0 Å². The lowest BCUT2D eigenvalue weighted by molar-refractivity contribution is 0.0264. The van der Waals surface area contributed by atoms with Crippen LogP contribution in [0.5, 0.6) is 0 Å². The van der Waals surface area contributed by atoms with Crippen LogP contribution >= 0.6 is 0 Å². The highest BCUT2D eigenvalue weighted by Gasteiger charge is 2.30. The molecule has 0 spiro atoms. The first kappa shape index (κ1) is 15.7. The zero-order chi connectivity index (χ0) is 15.4. The summed E-state index contributed by atoms with van der Waals surface area (Å²) in [6.45, 7) is 3.12. The van der Waals surface area contributed by atoms with Crippen LogP contribution in [0.2, 0.25) is 0 Å². The Morgan fingerprint density at radius 3 is 2.90 bits per heavy atom. The van der Waals surface area contributed by atoms with Crippen molar-refractivity contribution < 1.29 is 14.3 Å². The Balaban J connectivity index is 2.04. The van der Waals surface area contributed by atoms with Gasteiger partial charge in [0, 0.05) is 26.3 Å². The lowest BCUT2D eigenvalue weighted by Gasteiger charge is -2.34. The number of rotatable bonds is 6. The highest BCUT2D eigenvalue weighted by molar-refractivity contribution is 5.95. The first-order chi connectivity index (χ1) is 10.0. The summed E-state index contributed by atoms with van der Waals surface area (Å²) >= 11 is 0. The van der Waals surface area contributed by atoms with Gasteiger partial charge in [-0.05, 0) is 31.2 Å². The van der Waals surface area contributed by atoms with Crippen LogP contribution in [0.4, 0.5) is 10.2 Å². The number of aromatic nitrogens is 1. The van der Waals surface area contributed by atoms with Crippen LogP contribution in [0.25, 0.3) is 0 Å². The molecule has 5 nitrogen and oxygen atoms in total. The van der Waals surface area contributed by atoms with Gasteiger partial charge in [-0.2, -0.15) is 0 Å². The van der Waals surface area contributed by atoms with Crippen molar-refractivity contribution in [3.63, 3.8) is 0 Å². The predicted octanol–water partition coefficient (Wildman–Crippen LogP) is 1.89. The first-order valence-electron chi connectivity index (χ1n) is 7.34. The number of carbonyl (C=O) groups excluding carboxylic acids is 1. The molecule has 0 saturated heterocycles. The van der Waals surface area contributed by atoms with Crippen molar-refractivity contribution >= 4 is 11.7 Å². The van der Waals surface area contributed by atoms with E-state index in [1.807, 2.05) is 6.92 Å². The maximum atomic E-state index is 14.3. The summed E-state index contributed by atoms with van der Waals surface area (Å²) in [6, 6.07) is 1.40. The van der Waals surface area contributed by atoms with Gasteiger partial charge in [0.15, 0.2) is 11.6 Å². The van der Waals surface area contributed by atoms with E-state index < -0.39 is 5.82 Å². The van der Waals surface area contributed by atoms with E-state index in [9.17, 15) is 14.3 Å². The van der Waals surface area contributed by atoms with Gasteiger partial charge in [0.05, 0.1) is 11.7 Å². The molecule has 21 heavy (non-hydrogen) atoms. The number of halogens is 1. The van der Waals surface area contributed by atoms with Crippen LogP contribution in [0.3, 0.4) is 0 Å². The van der Waals surface area contributed by atoms with Crippen molar-refractivity contribution in [2.45, 2.75) is 32.3 Å². The Morgan fingerprint density at radius 2 is 2.29 bits per heavy atom. The van der Waals surface area contributed by atoms with Crippen LogP contribution in [-0.4, -0.2) is 47.1 Å². The number of amides is 1. The summed E-state index contributed by atoms with van der Waals surface area (Å²) in [7, 11) is 1.66. The van der Waals surface area contributed by atoms with E-state index in [0.29, 0.717) is 31.8 Å². The zero-order valence-electron chi connectivity index (χ0n) is 12.5. The predicted molar refractivity (Wildman–Crippen MR) is 78.7 cm³/mol. The van der Waals surface area contributed by atoms with E-state index >= 15 is 0 Å². The summed E-state index contributed by atoms with van der Waals surface area (Å²) in [6.07, 6.45) is 3.46. The van der Waals surface area contributed by atoms with Gasteiger partial charge in [-0.25, -0.2) is 9.37 Å². The van der Waals surface area contributed by atoms with Crippen molar-refractivity contribution in [3.8, 4) is 0 Å². The van der Waals surface area contributed by atoms with Crippen LogP contribution in [0, 0.1) is 11.7 Å². The quantitative estimate of drug-likeness (QED) is 0.841. The molecule has 0 aliphatic heterocycles. The lowest BCUT2D eigenvalue weighted by Crippen LogP contribution is -2.39. The minimum Gasteiger partial charge on any atom is -0.393 e. The van der Waals surface area contributed by atoms with Gasteiger partial charge in [0.2, 0.25) is 0 Å². The second kappa shape index (κ2) is 6.85. The molecule has 1 fully saturated rings. The molecule has 2 N–H and O–H groups in total. The molecule has 2 rings (SSSR count). The van der Waals surface area contributed by atoms with E-state index in [-0.39, 0.29) is 23.4 Å². The number of carbonyl (C=O) groups is 1. The molecule has 1 aromatic heterocycles. The van der Waals surface area contributed by atoms with Gasteiger partial charge in [-0.3, -0.25) is 4.79 Å². The largest absolute Gasteiger partial charge is 0.393 e. The molecule has 6 heteroatoms. The van der Waals surface area contributed by atoms with E-state index in [0.717, 1.165) is 6.42 Å². The van der Waals surface area contributed by atoms with Crippen molar-refractivity contribution in [2.24, 2.45) is 5.92 Å². The van der Waals surface area contributed by atoms with E-state index in [1.165, 1.54) is 17.2 Å². The Bertz CT molecular complexity index is 504. The van der Waals surface area contributed by atoms with Crippen LogP contribution < -0.4 is 5.32 Å². The first-order valence-corrected chi connectivity index (χ1v) is 7.34. The van der Waals surface area contributed by atoms with Crippen molar-refractivity contribution in [2.75, 3.05) is 25.5 Å². The average molecular weight is 295 g/mol. The van der Waals surface area contributed by atoms with Crippen molar-refractivity contribution in [1.82, 2.24) is 9.88 Å². The van der Waals surface area contributed by atoms with Crippen LogP contribution in [0.1, 0.15) is 36.5 Å². The molecule has 0 atom stereocenters. The maximum absolute atomic E-state index is 14.3. The third kappa shape index (κ3) is 3.69. The molecule has 1 aliphatic carbocycles. The number of pyridine rings is 1. The fourth-order valence-electron chi connectivity index (χ4n) is 2.50. The molecular weight excluding hydrogens is 273 g/mol. The summed E-state index contributed by atoms with van der Waals surface area (Å²) < 4.78 is 14.3. The number of nitrogens with zero attached hydrogens (tertiary/aromatic N) is 2. The van der Waals surface area contributed by atoms with Gasteiger partial charge < -0.3 is 15.3 Å². The molecule has 116 valence electrons. The fraction of sp³-hybridized carbons (Fsp3) is 0.600. The molecular formula is C15H22FN3O2. The molecule has 0 radical (unpaired) electrons. The molecule has 1 amide bonds. The second-order valence-corrected chi connectivity index (χ2v) is 5.62. The second-order valence-electron chi connectivity index (χ2n) is 5.62. The summed E-state index contributed by atoms with van der Waals surface area (Å²) in [5, 5.41) is 12.1. The Hall–Kier alpha value is -1.69. The fourth-order valence-corrected chi connectivity index (χ4v) is 2.50. The normalized spacial score (nSPS) is 20.8. The van der Waals surface area contributed by atoms with E-state index in [1.54, 1.807) is 7.05 Å². The third-order valence-corrected chi connectivity index (χ3v) is 3.75. The van der Waals surface area contributed by atoms with Gasteiger partial charge in [0.1, 0.15) is 0 Å². The number of aliphatic hydroxyl groups excluding tert-OH is 1. The molecule has 0 unspecified atom stereocenters. The highest BCUT2D eigenvalue weighted by atomic mass is 19.1. The van der Waals surface area contributed by atoms with Gasteiger partial charge in [0.25, 0.3) is 5.91 Å². The molecule has 0 aromatic carbocycles. The molecule has 1 aliphatic rings. The Kier molecular flexibility index (Phi) is 5.12. The van der Waals surface area contributed by atoms with Crippen molar-refractivity contribution in [3.05, 3.63) is 23.6 Å². The molecule has 1 aromatic rings. The molecule has 0 bridgehead atoms. The number of hydrogen-bond acceptors (Lipinski definition) is 4. The van der Waals surface area contributed by atoms with E-state index in [2.05, 4.69) is 10.3 Å². The minimum atomic E-state index is -0.601. The number of hydrogen-bond donors (Lipinski definition) is 2. The van der Waals surface area contributed by atoms with Crippen molar-refractivity contribution in [1.29, 1.82) is 0 Å². The SMILES string of the molecule is CCCNc1nccc(C(=O)N(C)CC2CC(O)C2)c1F. The summed E-state index contributed by atoms with van der Waals surface area (Å²) in [5.41, 5.74) is 0.0333. The molecule has 1 heterocycles. The lowest BCUT2D eigenvalue weighted by atomic mass is 9.82. The molecule has 1 saturated carbocycles. The third-order valence-electron chi connectivity index (χ3n) is 3.75. The topological polar surface area (TPSA) is 65.5 Å². The number of aliphatic hydroxyl groups is 1. The summed E-state index contributed by atoms with van der Waals surface area (Å²) in [5.74, 6) is -0.529. The minimum absolute atomic E-state index is 0.0333. The maximum Gasteiger partial charge on any atom is 0.256 e. The number of nitrogens with one attached hydrogen (secondary N) is 1. The average Bonchev–Trinajstić information content (AvgIpc) is 2.43. The monoisotopic (exact) mass is 295 g/mol. The Morgan fingerprint density at radius 1 is 1.57 bits per heavy atom. The number of anilines is 1. The van der Waals surface area contributed by atoms with Crippen LogP contribution in [0.15, 0.2) is 12.3 Å². The Labute approximate surface area is 124 Å². The standard InChI is InChI=1S/C15H22FN3O2/c1-3-5-17-14-13(16)12(4-6-18-14)15(21)19(2)9-10-7-11(20)8-10/h4,6,10-11,20H,3,5,7-9H2,1-2H3,(H,17,18).